The van der Waals surface area contributed by atoms with Crippen LogP contribution in [0.5, 0.6) is 0 Å². The quantitative estimate of drug-likeness (QED) is 0.371. The third-order valence-corrected chi connectivity index (χ3v) is 4.06. The van der Waals surface area contributed by atoms with E-state index in [-0.39, 0.29) is 29.5 Å². The van der Waals surface area contributed by atoms with Crippen LogP contribution in [0.15, 0.2) is 23.7 Å². The molecule has 1 aliphatic rings. The van der Waals surface area contributed by atoms with Crippen molar-refractivity contribution in [2.45, 2.75) is 32.9 Å². The van der Waals surface area contributed by atoms with Crippen LogP contribution in [-0.4, -0.2) is 71.9 Å². The third kappa shape index (κ3) is 6.94. The van der Waals surface area contributed by atoms with Gasteiger partial charge in [-0.25, -0.2) is 4.98 Å². The number of rotatable bonds is 7. The van der Waals surface area contributed by atoms with Crippen molar-refractivity contribution in [3.63, 3.8) is 0 Å². The lowest BCUT2D eigenvalue weighted by molar-refractivity contribution is -0.00683. The minimum Gasteiger partial charge on any atom is -0.379 e. The summed E-state index contributed by atoms with van der Waals surface area (Å²) in [6, 6.07) is 0. The van der Waals surface area contributed by atoms with E-state index in [1.807, 2.05) is 17.1 Å². The fraction of sp³-hybridized carbons (Fsp3) is 0.750. The fourth-order valence-corrected chi connectivity index (χ4v) is 2.61. The van der Waals surface area contributed by atoms with Crippen LogP contribution in [0.4, 0.5) is 0 Å². The molecule has 0 atom stereocenters. The lowest BCUT2D eigenvalue weighted by Crippen LogP contribution is -2.52. The highest BCUT2D eigenvalue weighted by molar-refractivity contribution is 14.0. The normalized spacial score (nSPS) is 16.5. The molecule has 8 heteroatoms. The number of guanidine groups is 1. The van der Waals surface area contributed by atoms with Crippen molar-refractivity contribution in [2.24, 2.45) is 4.99 Å². The van der Waals surface area contributed by atoms with Crippen molar-refractivity contribution >= 4 is 29.9 Å². The number of nitrogens with one attached hydrogen (secondary N) is 2. The molecule has 0 unspecified atom stereocenters. The number of ether oxygens (including phenoxy) is 1. The molecule has 2 rings (SSSR count). The largest absolute Gasteiger partial charge is 0.379 e. The smallest absolute Gasteiger partial charge is 0.191 e. The summed E-state index contributed by atoms with van der Waals surface area (Å²) in [6.45, 7) is 13.5. The van der Waals surface area contributed by atoms with Gasteiger partial charge in [-0.05, 0) is 20.8 Å². The summed E-state index contributed by atoms with van der Waals surface area (Å²) in [5, 5.41) is 6.69. The SMILES string of the molecule is CCNC(=NCC(C)(C)N1CCOCC1)NCCn1ccnc1.I. The summed E-state index contributed by atoms with van der Waals surface area (Å²) in [6.07, 6.45) is 5.59. The van der Waals surface area contributed by atoms with Crippen LogP contribution in [-0.2, 0) is 11.3 Å². The summed E-state index contributed by atoms with van der Waals surface area (Å²) in [7, 11) is 0. The molecule has 0 saturated carbocycles. The predicted octanol–water partition coefficient (Wildman–Crippen LogP) is 1.17. The van der Waals surface area contributed by atoms with Crippen LogP contribution in [0.3, 0.4) is 0 Å². The molecule has 2 heterocycles. The van der Waals surface area contributed by atoms with Crippen LogP contribution >= 0.6 is 24.0 Å². The summed E-state index contributed by atoms with van der Waals surface area (Å²) in [5.41, 5.74) is 0.0382. The highest BCUT2D eigenvalue weighted by Gasteiger charge is 2.27. The van der Waals surface area contributed by atoms with Crippen molar-refractivity contribution in [1.82, 2.24) is 25.1 Å². The Morgan fingerprint density at radius 1 is 1.29 bits per heavy atom. The number of morpholine rings is 1. The maximum atomic E-state index is 5.44. The zero-order chi connectivity index (χ0) is 16.5. The maximum absolute atomic E-state index is 5.44. The average Bonchev–Trinajstić information content (AvgIpc) is 3.07. The van der Waals surface area contributed by atoms with Crippen LogP contribution in [0.1, 0.15) is 20.8 Å². The Bertz CT molecular complexity index is 471. The molecular formula is C16H31IN6O. The number of hydrogen-bond donors (Lipinski definition) is 2. The topological polar surface area (TPSA) is 66.7 Å². The maximum Gasteiger partial charge on any atom is 0.191 e. The first-order valence-corrected chi connectivity index (χ1v) is 8.42. The summed E-state index contributed by atoms with van der Waals surface area (Å²) in [5.74, 6) is 0.869. The molecule has 2 N–H and O–H groups in total. The Morgan fingerprint density at radius 2 is 2.04 bits per heavy atom. The molecule has 0 bridgehead atoms. The molecule has 1 aliphatic heterocycles. The number of hydrogen-bond acceptors (Lipinski definition) is 4. The molecule has 1 aromatic heterocycles. The first-order valence-electron chi connectivity index (χ1n) is 8.42. The van der Waals surface area contributed by atoms with Gasteiger partial charge in [0.25, 0.3) is 0 Å². The number of imidazole rings is 1. The number of aromatic nitrogens is 2. The van der Waals surface area contributed by atoms with Gasteiger partial charge in [-0.3, -0.25) is 9.89 Å². The fourth-order valence-electron chi connectivity index (χ4n) is 2.61. The van der Waals surface area contributed by atoms with Crippen LogP contribution < -0.4 is 10.6 Å². The Kier molecular flexibility index (Phi) is 9.60. The molecule has 0 spiro atoms. The molecule has 7 nitrogen and oxygen atoms in total. The first-order chi connectivity index (χ1) is 11.1. The van der Waals surface area contributed by atoms with Crippen LogP contribution in [0.25, 0.3) is 0 Å². The number of nitrogens with zero attached hydrogens (tertiary/aromatic N) is 4. The van der Waals surface area contributed by atoms with E-state index >= 15 is 0 Å². The van der Waals surface area contributed by atoms with Gasteiger partial charge in [0.15, 0.2) is 5.96 Å². The van der Waals surface area contributed by atoms with E-state index in [1.165, 1.54) is 0 Å². The zero-order valence-electron chi connectivity index (χ0n) is 15.0. The molecular weight excluding hydrogens is 419 g/mol. The molecule has 138 valence electrons. The van der Waals surface area contributed by atoms with Crippen molar-refractivity contribution in [3.8, 4) is 0 Å². The molecule has 0 amide bonds. The van der Waals surface area contributed by atoms with Crippen LogP contribution in [0.2, 0.25) is 0 Å². The van der Waals surface area contributed by atoms with E-state index in [1.54, 1.807) is 6.20 Å². The van der Waals surface area contributed by atoms with Gasteiger partial charge in [-0.15, -0.1) is 24.0 Å². The summed E-state index contributed by atoms with van der Waals surface area (Å²) < 4.78 is 7.49. The van der Waals surface area contributed by atoms with Crippen molar-refractivity contribution in [3.05, 3.63) is 18.7 Å². The third-order valence-electron chi connectivity index (χ3n) is 4.06. The highest BCUT2D eigenvalue weighted by Crippen LogP contribution is 2.16. The first kappa shape index (κ1) is 21.2. The van der Waals surface area contributed by atoms with E-state index < -0.39 is 0 Å². The second kappa shape index (κ2) is 10.9. The van der Waals surface area contributed by atoms with Gasteiger partial charge in [0, 0.05) is 50.7 Å². The Balaban J connectivity index is 0.00000288. The zero-order valence-corrected chi connectivity index (χ0v) is 17.3. The van der Waals surface area contributed by atoms with E-state index in [0.717, 1.165) is 58.4 Å². The predicted molar refractivity (Wildman–Crippen MR) is 108 cm³/mol. The lowest BCUT2D eigenvalue weighted by atomic mass is 10.0. The summed E-state index contributed by atoms with van der Waals surface area (Å²) in [4.78, 5) is 11.3. The monoisotopic (exact) mass is 450 g/mol. The molecule has 0 aliphatic carbocycles. The molecule has 0 radical (unpaired) electrons. The second-order valence-corrected chi connectivity index (χ2v) is 6.33. The van der Waals surface area contributed by atoms with Gasteiger partial charge in [-0.1, -0.05) is 0 Å². The Labute approximate surface area is 162 Å². The minimum atomic E-state index is 0. The van der Waals surface area contributed by atoms with Gasteiger partial charge >= 0.3 is 0 Å². The van der Waals surface area contributed by atoms with Crippen LogP contribution in [0, 0.1) is 0 Å². The number of halogens is 1. The lowest BCUT2D eigenvalue weighted by Gasteiger charge is -2.39. The Hall–Kier alpha value is -0.870. The van der Waals surface area contributed by atoms with E-state index in [4.69, 9.17) is 9.73 Å². The van der Waals surface area contributed by atoms with Gasteiger partial charge < -0.3 is 19.9 Å². The van der Waals surface area contributed by atoms with Gasteiger partial charge in [0.2, 0.25) is 0 Å². The highest BCUT2D eigenvalue weighted by atomic mass is 127. The molecule has 0 aromatic carbocycles. The van der Waals surface area contributed by atoms with E-state index in [9.17, 15) is 0 Å². The number of aliphatic imine (C=N–C) groups is 1. The molecule has 1 aromatic rings. The van der Waals surface area contributed by atoms with E-state index in [2.05, 4.69) is 41.3 Å². The van der Waals surface area contributed by atoms with E-state index in [0.29, 0.717) is 0 Å². The summed E-state index contributed by atoms with van der Waals surface area (Å²) >= 11 is 0. The standard InChI is InChI=1S/C16H30N6O.HI/c1-4-18-15(19-6-8-21-7-5-17-14-21)20-13-16(2,3)22-9-11-23-12-10-22;/h5,7,14H,4,6,8-13H2,1-3H3,(H2,18,19,20);1H. The van der Waals surface area contributed by atoms with Gasteiger partial charge in [0.1, 0.15) is 0 Å². The minimum absolute atomic E-state index is 0. The van der Waals surface area contributed by atoms with Gasteiger partial charge in [-0.2, -0.15) is 0 Å². The molecule has 24 heavy (non-hydrogen) atoms. The van der Waals surface area contributed by atoms with Gasteiger partial charge in [0.05, 0.1) is 26.1 Å². The molecule has 1 saturated heterocycles. The Morgan fingerprint density at radius 3 is 2.67 bits per heavy atom. The van der Waals surface area contributed by atoms with Crippen molar-refractivity contribution < 1.29 is 4.74 Å². The van der Waals surface area contributed by atoms with Crippen molar-refractivity contribution in [1.29, 1.82) is 0 Å². The molecule has 1 fully saturated rings. The second-order valence-electron chi connectivity index (χ2n) is 6.33. The average molecular weight is 450 g/mol. The van der Waals surface area contributed by atoms with Crippen molar-refractivity contribution in [2.75, 3.05) is 45.9 Å².